The molecule has 0 aromatic heterocycles. The molecule has 3 aliphatic rings. The number of ketones is 1. The number of carbonyl (C=O) groups is 2. The van der Waals surface area contributed by atoms with Crippen LogP contribution in [0.15, 0.2) is 0 Å². The van der Waals surface area contributed by atoms with Crippen LogP contribution in [0, 0.1) is 17.8 Å². The number of hydrogen-bond donors (Lipinski definition) is 0. The maximum absolute atomic E-state index is 12.2. The summed E-state index contributed by atoms with van der Waals surface area (Å²) in [7, 11) is 0. The van der Waals surface area contributed by atoms with E-state index in [1.54, 1.807) is 0 Å². The Morgan fingerprint density at radius 3 is 2.88 bits per heavy atom. The number of hydrogen-bond acceptors (Lipinski definition) is 2. The largest absolute Gasteiger partial charge is 0.339 e. The highest BCUT2D eigenvalue weighted by molar-refractivity contribution is 5.84. The summed E-state index contributed by atoms with van der Waals surface area (Å²) in [6.45, 7) is 3.02. The standard InChI is InChI=1S/C14H21NO2/c1-2-10-11-4-3-5-13(17)15-7-6-9(14(11)15)8-12(10)16/h9-11,14H,2-8H2,1H3/t9-,10+,11+,14+/m1/s1. The van der Waals surface area contributed by atoms with Gasteiger partial charge in [-0.1, -0.05) is 6.92 Å². The molecule has 0 spiro atoms. The summed E-state index contributed by atoms with van der Waals surface area (Å²) in [6, 6.07) is 0.396. The van der Waals surface area contributed by atoms with Crippen molar-refractivity contribution in [3.63, 3.8) is 0 Å². The molecule has 0 aromatic rings. The molecule has 1 amide bonds. The number of carbonyl (C=O) groups excluding carboxylic acids is 2. The fourth-order valence-corrected chi connectivity index (χ4v) is 4.40. The zero-order valence-electron chi connectivity index (χ0n) is 10.5. The summed E-state index contributed by atoms with van der Waals surface area (Å²) in [5.41, 5.74) is 0. The van der Waals surface area contributed by atoms with Gasteiger partial charge >= 0.3 is 0 Å². The number of rotatable bonds is 1. The van der Waals surface area contributed by atoms with E-state index in [1.807, 2.05) is 0 Å². The maximum atomic E-state index is 12.2. The SMILES string of the molecule is CC[C@@H]1C(=O)C[C@H]2CCN3C(=O)CCC[C@@H]1[C@H]23. The first kappa shape index (κ1) is 11.2. The van der Waals surface area contributed by atoms with E-state index in [2.05, 4.69) is 11.8 Å². The summed E-state index contributed by atoms with van der Waals surface area (Å²) in [5, 5.41) is 0. The number of nitrogens with zero attached hydrogens (tertiary/aromatic N) is 1. The van der Waals surface area contributed by atoms with Crippen molar-refractivity contribution < 1.29 is 9.59 Å². The molecule has 2 heterocycles. The van der Waals surface area contributed by atoms with Gasteiger partial charge in [0.05, 0.1) is 0 Å². The Balaban J connectivity index is 1.94. The molecule has 0 aromatic carbocycles. The fraction of sp³-hybridized carbons (Fsp3) is 0.857. The summed E-state index contributed by atoms with van der Waals surface area (Å²) < 4.78 is 0. The van der Waals surface area contributed by atoms with Crippen molar-refractivity contribution in [1.29, 1.82) is 0 Å². The molecule has 4 atom stereocenters. The number of Topliss-reactive ketones (excluding diaryl/α,β-unsaturated/α-hetero) is 1. The lowest BCUT2D eigenvalue weighted by Crippen LogP contribution is -2.48. The van der Waals surface area contributed by atoms with E-state index >= 15 is 0 Å². The molecular weight excluding hydrogens is 214 g/mol. The number of amides is 1. The predicted molar refractivity (Wildman–Crippen MR) is 64.4 cm³/mol. The predicted octanol–water partition coefficient (Wildman–Crippen LogP) is 2.00. The first-order valence-corrected chi connectivity index (χ1v) is 7.04. The van der Waals surface area contributed by atoms with E-state index in [9.17, 15) is 9.59 Å². The molecule has 0 unspecified atom stereocenters. The lowest BCUT2D eigenvalue weighted by molar-refractivity contribution is -0.137. The summed E-state index contributed by atoms with van der Waals surface area (Å²) in [4.78, 5) is 26.3. The minimum Gasteiger partial charge on any atom is -0.339 e. The van der Waals surface area contributed by atoms with Gasteiger partial charge in [0.1, 0.15) is 5.78 Å². The average molecular weight is 235 g/mol. The highest BCUT2D eigenvalue weighted by Crippen LogP contribution is 2.45. The second kappa shape index (κ2) is 4.11. The molecule has 0 N–H and O–H groups in total. The first-order chi connectivity index (χ1) is 8.22. The van der Waals surface area contributed by atoms with Crippen LogP contribution in [0.4, 0.5) is 0 Å². The molecule has 17 heavy (non-hydrogen) atoms. The summed E-state index contributed by atoms with van der Waals surface area (Å²) in [5.74, 6) is 1.96. The molecule has 1 aliphatic carbocycles. The Labute approximate surface area is 103 Å². The molecule has 3 fully saturated rings. The molecule has 2 saturated heterocycles. The van der Waals surface area contributed by atoms with Crippen molar-refractivity contribution in [3.05, 3.63) is 0 Å². The van der Waals surface area contributed by atoms with Crippen molar-refractivity contribution in [2.24, 2.45) is 17.8 Å². The van der Waals surface area contributed by atoms with Crippen LogP contribution in [0.3, 0.4) is 0 Å². The van der Waals surface area contributed by atoms with Gasteiger partial charge in [-0.3, -0.25) is 9.59 Å². The third-order valence-corrected chi connectivity index (χ3v) is 5.10. The van der Waals surface area contributed by atoms with Crippen LogP contribution >= 0.6 is 0 Å². The third-order valence-electron chi connectivity index (χ3n) is 5.10. The van der Waals surface area contributed by atoms with Crippen molar-refractivity contribution in [1.82, 2.24) is 4.90 Å². The fourth-order valence-electron chi connectivity index (χ4n) is 4.40. The molecule has 2 aliphatic heterocycles. The molecule has 0 radical (unpaired) electrons. The van der Waals surface area contributed by atoms with E-state index in [0.29, 0.717) is 36.0 Å². The Bertz CT molecular complexity index is 352. The van der Waals surface area contributed by atoms with Gasteiger partial charge in [0.15, 0.2) is 0 Å². The molecule has 1 saturated carbocycles. The minimum absolute atomic E-state index is 0.225. The van der Waals surface area contributed by atoms with Gasteiger partial charge in [-0.05, 0) is 37.5 Å². The lowest BCUT2D eigenvalue weighted by Gasteiger charge is -2.41. The molecule has 0 bridgehead atoms. The monoisotopic (exact) mass is 235 g/mol. The Kier molecular flexibility index (Phi) is 2.72. The van der Waals surface area contributed by atoms with Gasteiger partial charge < -0.3 is 4.90 Å². The van der Waals surface area contributed by atoms with Gasteiger partial charge in [-0.25, -0.2) is 0 Å². The van der Waals surface area contributed by atoms with Crippen LogP contribution in [-0.4, -0.2) is 29.2 Å². The highest BCUT2D eigenvalue weighted by atomic mass is 16.2. The Morgan fingerprint density at radius 1 is 1.29 bits per heavy atom. The van der Waals surface area contributed by atoms with Gasteiger partial charge in [0.2, 0.25) is 5.91 Å². The second-order valence-electron chi connectivity index (χ2n) is 5.87. The van der Waals surface area contributed by atoms with E-state index in [4.69, 9.17) is 0 Å². The molecular formula is C14H21NO2. The van der Waals surface area contributed by atoms with E-state index in [1.165, 1.54) is 0 Å². The van der Waals surface area contributed by atoms with Gasteiger partial charge in [-0.2, -0.15) is 0 Å². The van der Waals surface area contributed by atoms with Crippen molar-refractivity contribution >= 4 is 11.7 Å². The molecule has 94 valence electrons. The second-order valence-corrected chi connectivity index (χ2v) is 5.87. The van der Waals surface area contributed by atoms with Gasteiger partial charge in [-0.15, -0.1) is 0 Å². The van der Waals surface area contributed by atoms with Crippen LogP contribution in [0.25, 0.3) is 0 Å². The third kappa shape index (κ3) is 1.62. The van der Waals surface area contributed by atoms with Crippen LogP contribution in [0.2, 0.25) is 0 Å². The van der Waals surface area contributed by atoms with Gasteiger partial charge in [0.25, 0.3) is 0 Å². The van der Waals surface area contributed by atoms with Crippen LogP contribution in [0.1, 0.15) is 45.4 Å². The molecule has 3 nitrogen and oxygen atoms in total. The maximum Gasteiger partial charge on any atom is 0.222 e. The minimum atomic E-state index is 0.225. The zero-order valence-corrected chi connectivity index (χ0v) is 10.5. The smallest absolute Gasteiger partial charge is 0.222 e. The normalized spacial score (nSPS) is 41.4. The topological polar surface area (TPSA) is 37.4 Å². The lowest BCUT2D eigenvalue weighted by atomic mass is 9.68. The van der Waals surface area contributed by atoms with Crippen molar-refractivity contribution in [3.8, 4) is 0 Å². The zero-order chi connectivity index (χ0) is 12.0. The van der Waals surface area contributed by atoms with Crippen LogP contribution in [0.5, 0.6) is 0 Å². The average Bonchev–Trinajstić information content (AvgIpc) is 2.64. The first-order valence-electron chi connectivity index (χ1n) is 7.04. The van der Waals surface area contributed by atoms with Crippen molar-refractivity contribution in [2.45, 2.75) is 51.5 Å². The summed E-state index contributed by atoms with van der Waals surface area (Å²) in [6.07, 6.45) is 5.48. The van der Waals surface area contributed by atoms with Crippen LogP contribution < -0.4 is 0 Å². The Hall–Kier alpha value is -0.860. The Morgan fingerprint density at radius 2 is 2.12 bits per heavy atom. The van der Waals surface area contributed by atoms with Crippen molar-refractivity contribution in [2.75, 3.05) is 6.54 Å². The van der Waals surface area contributed by atoms with E-state index in [0.717, 1.165) is 38.6 Å². The quantitative estimate of drug-likeness (QED) is 0.697. The van der Waals surface area contributed by atoms with E-state index < -0.39 is 0 Å². The van der Waals surface area contributed by atoms with Gasteiger partial charge in [0, 0.05) is 31.3 Å². The highest BCUT2D eigenvalue weighted by Gasteiger charge is 2.50. The van der Waals surface area contributed by atoms with Crippen LogP contribution in [-0.2, 0) is 9.59 Å². The summed E-state index contributed by atoms with van der Waals surface area (Å²) >= 11 is 0. The van der Waals surface area contributed by atoms with E-state index in [-0.39, 0.29) is 5.92 Å². The molecule has 3 heteroatoms. The molecule has 3 rings (SSSR count).